The van der Waals surface area contributed by atoms with Crippen LogP contribution in [0.4, 0.5) is 18.0 Å². The minimum Gasteiger partial charge on any atom is -0.454 e. The lowest BCUT2D eigenvalue weighted by Crippen LogP contribution is -2.48. The zero-order chi connectivity index (χ0) is 26.4. The molecule has 198 valence electrons. The number of hydrogen-bond donors (Lipinski definition) is 1. The van der Waals surface area contributed by atoms with E-state index in [1.54, 1.807) is 36.4 Å². The molecule has 0 saturated carbocycles. The van der Waals surface area contributed by atoms with Gasteiger partial charge in [-0.2, -0.15) is 13.2 Å². The van der Waals surface area contributed by atoms with Gasteiger partial charge in [0.2, 0.25) is 13.6 Å². The van der Waals surface area contributed by atoms with Crippen molar-refractivity contribution in [2.75, 3.05) is 26.7 Å². The number of fused-ring (bicyclic) bond motifs is 2. The van der Waals surface area contributed by atoms with Gasteiger partial charge in [-0.15, -0.1) is 0 Å². The van der Waals surface area contributed by atoms with Gasteiger partial charge < -0.3 is 33.7 Å². The summed E-state index contributed by atoms with van der Waals surface area (Å²) in [6.07, 6.45) is -8.57. The molecule has 3 aliphatic heterocycles. The number of likely N-dealkylation sites (tertiary alicyclic amines) is 1. The van der Waals surface area contributed by atoms with Crippen LogP contribution in [0.2, 0.25) is 0 Å². The lowest BCUT2D eigenvalue weighted by atomic mass is 9.72. The van der Waals surface area contributed by atoms with E-state index in [2.05, 4.69) is 4.74 Å². The Balaban J connectivity index is 1.40. The van der Waals surface area contributed by atoms with Crippen molar-refractivity contribution < 1.29 is 51.6 Å². The molecule has 1 N–H and O–H groups in total. The summed E-state index contributed by atoms with van der Waals surface area (Å²) in [7, 11) is 0. The summed E-state index contributed by atoms with van der Waals surface area (Å²) >= 11 is 0. The van der Waals surface area contributed by atoms with Crippen LogP contribution in [-0.2, 0) is 15.1 Å². The molecule has 1 amide bonds. The number of carbonyl (C=O) groups excluding carboxylic acids is 2. The van der Waals surface area contributed by atoms with Crippen LogP contribution in [0.3, 0.4) is 0 Å². The van der Waals surface area contributed by atoms with Crippen LogP contribution in [0.25, 0.3) is 0 Å². The predicted molar refractivity (Wildman–Crippen MR) is 119 cm³/mol. The molecule has 2 aromatic rings. The topological polar surface area (TPSA) is 104 Å². The van der Waals surface area contributed by atoms with Crippen LogP contribution in [0.5, 0.6) is 23.0 Å². The Morgan fingerprint density at radius 3 is 1.86 bits per heavy atom. The second-order valence-electron chi connectivity index (χ2n) is 9.08. The lowest BCUT2D eigenvalue weighted by molar-refractivity contribution is -0.204. The maximum absolute atomic E-state index is 13.1. The zero-order valence-corrected chi connectivity index (χ0v) is 19.7. The maximum Gasteiger partial charge on any atom is 0.432 e. The van der Waals surface area contributed by atoms with Crippen molar-refractivity contribution in [2.24, 2.45) is 5.92 Å². The Morgan fingerprint density at radius 1 is 0.919 bits per heavy atom. The van der Waals surface area contributed by atoms with Crippen molar-refractivity contribution in [1.29, 1.82) is 0 Å². The largest absolute Gasteiger partial charge is 0.454 e. The number of Topliss-reactive ketones (excluding diaryl/α,β-unsaturated/α-hetero) is 1. The molecule has 0 spiro atoms. The quantitative estimate of drug-likeness (QED) is 0.632. The van der Waals surface area contributed by atoms with E-state index in [9.17, 15) is 27.9 Å². The first-order chi connectivity index (χ1) is 17.6. The highest BCUT2D eigenvalue weighted by Gasteiger charge is 2.48. The molecular formula is C25H24F3NO8. The summed E-state index contributed by atoms with van der Waals surface area (Å²) in [5, 5.41) is 12.3. The third-order valence-corrected chi connectivity index (χ3v) is 6.85. The lowest BCUT2D eigenvalue weighted by Gasteiger charge is -2.42. The average Bonchev–Trinajstić information content (AvgIpc) is 3.54. The number of hydrogen-bond acceptors (Lipinski definition) is 8. The average molecular weight is 523 g/mol. The van der Waals surface area contributed by atoms with Crippen molar-refractivity contribution in [3.63, 3.8) is 0 Å². The fraction of sp³-hybridized carbons (Fsp3) is 0.440. The number of nitrogens with zero attached hydrogens (tertiary/aromatic N) is 1. The van der Waals surface area contributed by atoms with E-state index in [0.29, 0.717) is 41.0 Å². The second-order valence-corrected chi connectivity index (χ2v) is 9.08. The highest BCUT2D eigenvalue weighted by Crippen LogP contribution is 2.47. The van der Waals surface area contributed by atoms with Gasteiger partial charge in [-0.05, 0) is 61.1 Å². The molecule has 12 heteroatoms. The third-order valence-electron chi connectivity index (χ3n) is 6.85. The fourth-order valence-electron chi connectivity index (χ4n) is 4.94. The van der Waals surface area contributed by atoms with Gasteiger partial charge in [0.25, 0.3) is 6.10 Å². The molecule has 2 aromatic carbocycles. The molecular weight excluding hydrogens is 499 g/mol. The van der Waals surface area contributed by atoms with E-state index in [1.165, 1.54) is 0 Å². The van der Waals surface area contributed by atoms with Crippen molar-refractivity contribution >= 4 is 11.9 Å². The second kappa shape index (κ2) is 9.33. The van der Waals surface area contributed by atoms with Crippen molar-refractivity contribution in [3.05, 3.63) is 47.5 Å². The Hall–Kier alpha value is -3.67. The van der Waals surface area contributed by atoms with E-state index in [0.717, 1.165) is 4.90 Å². The molecule has 9 nitrogen and oxygen atoms in total. The Labute approximate surface area is 209 Å². The van der Waals surface area contributed by atoms with E-state index < -0.39 is 35.7 Å². The summed E-state index contributed by atoms with van der Waals surface area (Å²) in [4.78, 5) is 24.9. The highest BCUT2D eigenvalue weighted by molar-refractivity contribution is 5.84. The van der Waals surface area contributed by atoms with Gasteiger partial charge in [0, 0.05) is 13.1 Å². The molecule has 0 bridgehead atoms. The van der Waals surface area contributed by atoms with Gasteiger partial charge in [-0.1, -0.05) is 12.1 Å². The van der Waals surface area contributed by atoms with E-state index in [4.69, 9.17) is 18.9 Å². The van der Waals surface area contributed by atoms with Crippen molar-refractivity contribution in [3.8, 4) is 23.0 Å². The standard InChI is InChI=1S/C25H24F3NO8/c1-14(30)22(25(26,27)28)37-23(31)29-8-6-15(7-9-29)24(32,16-2-4-18-20(10-16)35-12-33-18)17-3-5-19-21(11-17)36-13-34-19/h2-5,10-11,15,22,32H,6-9,12-13H2,1H3. The van der Waals surface area contributed by atoms with Crippen LogP contribution in [0.1, 0.15) is 30.9 Å². The maximum atomic E-state index is 13.1. The minimum absolute atomic E-state index is 0.0173. The number of aliphatic hydroxyl groups is 1. The normalized spacial score (nSPS) is 18.0. The van der Waals surface area contributed by atoms with Gasteiger partial charge in [0.05, 0.1) is 0 Å². The number of ketones is 1. The van der Waals surface area contributed by atoms with Crippen molar-refractivity contribution in [2.45, 2.75) is 37.6 Å². The molecule has 1 atom stereocenters. The first-order valence-electron chi connectivity index (χ1n) is 11.6. The predicted octanol–water partition coefficient (Wildman–Crippen LogP) is 3.75. The number of ether oxygens (including phenoxy) is 5. The van der Waals surface area contributed by atoms with E-state index >= 15 is 0 Å². The van der Waals surface area contributed by atoms with Gasteiger partial charge in [-0.3, -0.25) is 4.79 Å². The number of halogens is 3. The number of amides is 1. The zero-order valence-electron chi connectivity index (χ0n) is 19.7. The van der Waals surface area contributed by atoms with Gasteiger partial charge in [0.1, 0.15) is 5.60 Å². The Kier molecular flexibility index (Phi) is 6.30. The van der Waals surface area contributed by atoms with Crippen LogP contribution in [0.15, 0.2) is 36.4 Å². The highest BCUT2D eigenvalue weighted by atomic mass is 19.4. The summed E-state index contributed by atoms with van der Waals surface area (Å²) in [5.74, 6) is 0.275. The van der Waals surface area contributed by atoms with Crippen LogP contribution in [-0.4, -0.2) is 60.8 Å². The summed E-state index contributed by atoms with van der Waals surface area (Å²) in [6, 6.07) is 10.2. The van der Waals surface area contributed by atoms with Gasteiger partial charge in [-0.25, -0.2) is 4.79 Å². The third kappa shape index (κ3) is 4.61. The van der Waals surface area contributed by atoms with Crippen molar-refractivity contribution in [1.82, 2.24) is 4.90 Å². The van der Waals surface area contributed by atoms with Gasteiger partial charge >= 0.3 is 12.3 Å². The SMILES string of the molecule is CC(=O)C(OC(=O)N1CCC(C(O)(c2ccc3c(c2)OCO3)c2ccc3c(c2)OCO3)CC1)C(F)(F)F. The molecule has 3 aliphatic rings. The Morgan fingerprint density at radius 2 is 1.41 bits per heavy atom. The monoisotopic (exact) mass is 523 g/mol. The summed E-state index contributed by atoms with van der Waals surface area (Å²) < 4.78 is 65.5. The molecule has 0 aliphatic carbocycles. The Bertz CT molecular complexity index is 1150. The first kappa shape index (κ1) is 25.0. The molecule has 3 heterocycles. The van der Waals surface area contributed by atoms with Crippen LogP contribution in [0, 0.1) is 5.92 Å². The van der Waals surface area contributed by atoms with Crippen LogP contribution >= 0.6 is 0 Å². The summed E-state index contributed by atoms with van der Waals surface area (Å²) in [5.41, 5.74) is -0.526. The molecule has 1 fully saturated rings. The van der Waals surface area contributed by atoms with E-state index in [1.807, 2.05) is 0 Å². The number of carbonyl (C=O) groups is 2. The molecule has 5 rings (SSSR count). The first-order valence-corrected chi connectivity index (χ1v) is 11.6. The summed E-state index contributed by atoms with van der Waals surface area (Å²) in [6.45, 7) is 0.864. The smallest absolute Gasteiger partial charge is 0.432 e. The number of benzene rings is 2. The molecule has 1 saturated heterocycles. The van der Waals surface area contributed by atoms with E-state index in [-0.39, 0.29) is 39.5 Å². The number of rotatable bonds is 5. The number of alkyl halides is 3. The van der Waals surface area contributed by atoms with Gasteiger partial charge in [0.15, 0.2) is 28.8 Å². The molecule has 37 heavy (non-hydrogen) atoms. The fourth-order valence-corrected chi connectivity index (χ4v) is 4.94. The molecule has 0 radical (unpaired) electrons. The van der Waals surface area contributed by atoms with Crippen LogP contribution < -0.4 is 18.9 Å². The molecule has 1 unspecified atom stereocenters. The number of piperidine rings is 1. The molecule has 0 aromatic heterocycles. The minimum atomic E-state index is -5.00.